The Labute approximate surface area is 224 Å². The van der Waals surface area contributed by atoms with Crippen LogP contribution < -0.4 is 15.9 Å². The number of benzene rings is 4. The Balaban J connectivity index is 1.60. The Morgan fingerprint density at radius 3 is 1.63 bits per heavy atom. The average molecular weight is 550 g/mol. The van der Waals surface area contributed by atoms with Gasteiger partial charge in [-0.05, 0) is 67.6 Å². The Morgan fingerprint density at radius 1 is 0.763 bits per heavy atom. The molecule has 1 atom stereocenters. The highest BCUT2D eigenvalue weighted by atomic mass is 32.2. The summed E-state index contributed by atoms with van der Waals surface area (Å²) in [5.74, 6) is -0.640. The molecular formula is C30H30O6PS+. The molecule has 38 heavy (non-hydrogen) atoms. The second-order valence-corrected chi connectivity index (χ2v) is 14.0. The number of aliphatic hydroxyl groups excluding tert-OH is 1. The van der Waals surface area contributed by atoms with Crippen molar-refractivity contribution >= 4 is 39.3 Å². The van der Waals surface area contributed by atoms with E-state index in [2.05, 4.69) is 36.4 Å². The van der Waals surface area contributed by atoms with Gasteiger partial charge in [-0.2, -0.15) is 8.42 Å². The lowest BCUT2D eigenvalue weighted by molar-refractivity contribution is 0.0296. The van der Waals surface area contributed by atoms with Crippen LogP contribution >= 0.6 is 7.26 Å². The number of carbonyl (C=O) groups is 1. The van der Waals surface area contributed by atoms with Gasteiger partial charge < -0.3 is 9.84 Å². The van der Waals surface area contributed by atoms with E-state index in [9.17, 15) is 18.3 Å². The maximum Gasteiger partial charge on any atom is 0.338 e. The lowest BCUT2D eigenvalue weighted by Crippen LogP contribution is -2.35. The summed E-state index contributed by atoms with van der Waals surface area (Å²) in [5.41, 5.74) is 0.187. The van der Waals surface area contributed by atoms with Gasteiger partial charge in [0.1, 0.15) is 36.4 Å². The molecule has 0 amide bonds. The maximum atomic E-state index is 13.1. The SMILES string of the molecule is CC(O)COC(=O)c1ccc(S(=O)(=O)OCC[P+](c2ccccc2)(c2ccccc2)c2ccccc2)cc1. The van der Waals surface area contributed by atoms with E-state index in [-0.39, 0.29) is 23.7 Å². The third kappa shape index (κ3) is 6.37. The number of ether oxygens (including phenoxy) is 1. The van der Waals surface area contributed by atoms with Crippen molar-refractivity contribution in [1.29, 1.82) is 0 Å². The van der Waals surface area contributed by atoms with Crippen molar-refractivity contribution in [3.8, 4) is 0 Å². The summed E-state index contributed by atoms with van der Waals surface area (Å²) in [6.45, 7) is 1.34. The lowest BCUT2D eigenvalue weighted by Gasteiger charge is -2.27. The Kier molecular flexibility index (Phi) is 9.08. The van der Waals surface area contributed by atoms with Crippen LogP contribution in [0, 0.1) is 0 Å². The first-order chi connectivity index (χ1) is 18.3. The largest absolute Gasteiger partial charge is 0.459 e. The van der Waals surface area contributed by atoms with Crippen molar-refractivity contribution in [1.82, 2.24) is 0 Å². The average Bonchev–Trinajstić information content (AvgIpc) is 2.95. The fraction of sp³-hybridized carbons (Fsp3) is 0.167. The summed E-state index contributed by atoms with van der Waals surface area (Å²) in [6.07, 6.45) is -0.307. The van der Waals surface area contributed by atoms with Crippen LogP contribution in [-0.4, -0.2) is 45.0 Å². The molecule has 1 unspecified atom stereocenters. The number of rotatable bonds is 11. The van der Waals surface area contributed by atoms with Gasteiger partial charge in [0.2, 0.25) is 0 Å². The number of hydrogen-bond acceptors (Lipinski definition) is 6. The fourth-order valence-electron chi connectivity index (χ4n) is 4.27. The predicted molar refractivity (Wildman–Crippen MR) is 152 cm³/mol. The highest BCUT2D eigenvalue weighted by molar-refractivity contribution is 7.95. The Morgan fingerprint density at radius 2 is 1.21 bits per heavy atom. The fourth-order valence-corrected chi connectivity index (χ4v) is 9.38. The molecule has 4 aromatic rings. The van der Waals surface area contributed by atoms with E-state index in [1.807, 2.05) is 54.6 Å². The van der Waals surface area contributed by atoms with Gasteiger partial charge in [0, 0.05) is 0 Å². The van der Waals surface area contributed by atoms with Crippen LogP contribution in [0.5, 0.6) is 0 Å². The number of hydrogen-bond donors (Lipinski definition) is 1. The Hall–Kier alpha value is -3.35. The summed E-state index contributed by atoms with van der Waals surface area (Å²) in [4.78, 5) is 12.0. The van der Waals surface area contributed by atoms with Crippen LogP contribution in [0.25, 0.3) is 0 Å². The molecule has 196 valence electrons. The van der Waals surface area contributed by atoms with Gasteiger partial charge in [0.15, 0.2) is 0 Å². The first kappa shape index (κ1) is 27.7. The van der Waals surface area contributed by atoms with E-state index in [1.165, 1.54) is 31.2 Å². The predicted octanol–water partition coefficient (Wildman–Crippen LogP) is 3.92. The molecule has 0 aliphatic carbocycles. The van der Waals surface area contributed by atoms with Crippen molar-refractivity contribution in [3.63, 3.8) is 0 Å². The normalized spacial score (nSPS) is 12.6. The molecule has 0 radical (unpaired) electrons. The van der Waals surface area contributed by atoms with Crippen LogP contribution in [0.2, 0.25) is 0 Å². The van der Waals surface area contributed by atoms with Gasteiger partial charge in [0.25, 0.3) is 10.1 Å². The van der Waals surface area contributed by atoms with Crippen molar-refractivity contribution in [3.05, 3.63) is 121 Å². The van der Waals surface area contributed by atoms with Crippen molar-refractivity contribution in [2.45, 2.75) is 17.9 Å². The summed E-state index contributed by atoms with van der Waals surface area (Å²) >= 11 is 0. The number of carbonyl (C=O) groups excluding carboxylic acids is 1. The van der Waals surface area contributed by atoms with Gasteiger partial charge in [-0.1, -0.05) is 54.6 Å². The van der Waals surface area contributed by atoms with E-state index in [4.69, 9.17) is 8.92 Å². The van der Waals surface area contributed by atoms with Crippen LogP contribution in [0.15, 0.2) is 120 Å². The zero-order valence-electron chi connectivity index (χ0n) is 21.0. The van der Waals surface area contributed by atoms with Gasteiger partial charge in [-0.15, -0.1) is 0 Å². The lowest BCUT2D eigenvalue weighted by atomic mass is 10.2. The van der Waals surface area contributed by atoms with E-state index in [0.29, 0.717) is 6.16 Å². The first-order valence-corrected chi connectivity index (χ1v) is 15.6. The van der Waals surface area contributed by atoms with Gasteiger partial charge in [0.05, 0.1) is 22.7 Å². The number of aliphatic hydroxyl groups is 1. The standard InChI is InChI=1S/C30H30O6PS/c1-24(31)23-35-30(32)25-17-19-29(20-18-25)38(33,34)36-21-22-37(26-11-5-2-6-12-26,27-13-7-3-8-14-27)28-15-9-4-10-16-28/h2-20,24,31H,21-23H2,1H3/q+1. The molecule has 1 N–H and O–H groups in total. The molecule has 0 aliphatic rings. The van der Waals surface area contributed by atoms with E-state index < -0.39 is 29.5 Å². The molecule has 0 aromatic heterocycles. The van der Waals surface area contributed by atoms with Crippen molar-refractivity contribution in [2.24, 2.45) is 0 Å². The highest BCUT2D eigenvalue weighted by Gasteiger charge is 2.45. The maximum absolute atomic E-state index is 13.1. The van der Waals surface area contributed by atoms with E-state index in [1.54, 1.807) is 0 Å². The van der Waals surface area contributed by atoms with Crippen LogP contribution in [0.3, 0.4) is 0 Å². The molecule has 4 rings (SSSR count). The van der Waals surface area contributed by atoms with E-state index >= 15 is 0 Å². The summed E-state index contributed by atoms with van der Waals surface area (Å²) in [5, 5.41) is 12.7. The van der Waals surface area contributed by atoms with Crippen molar-refractivity contribution in [2.75, 3.05) is 19.4 Å². The van der Waals surface area contributed by atoms with Crippen LogP contribution in [0.4, 0.5) is 0 Å². The third-order valence-electron chi connectivity index (χ3n) is 6.09. The minimum Gasteiger partial charge on any atom is -0.459 e. The molecule has 4 aromatic carbocycles. The zero-order chi connectivity index (χ0) is 27.0. The third-order valence-corrected chi connectivity index (χ3v) is 11.8. The molecule has 0 spiro atoms. The topological polar surface area (TPSA) is 89.9 Å². The molecule has 6 nitrogen and oxygen atoms in total. The van der Waals surface area contributed by atoms with E-state index in [0.717, 1.165) is 15.9 Å². The van der Waals surface area contributed by atoms with Crippen molar-refractivity contribution < 1.29 is 27.2 Å². The summed E-state index contributed by atoms with van der Waals surface area (Å²) in [7, 11) is -6.31. The zero-order valence-corrected chi connectivity index (χ0v) is 22.7. The minimum atomic E-state index is -4.07. The molecule has 0 aliphatic heterocycles. The second kappa shape index (κ2) is 12.5. The molecular weight excluding hydrogens is 519 g/mol. The molecule has 0 bridgehead atoms. The monoisotopic (exact) mass is 549 g/mol. The molecule has 0 heterocycles. The molecule has 0 saturated heterocycles. The second-order valence-electron chi connectivity index (χ2n) is 8.79. The highest BCUT2D eigenvalue weighted by Crippen LogP contribution is 2.55. The molecule has 8 heteroatoms. The van der Waals surface area contributed by atoms with Crippen LogP contribution in [-0.2, 0) is 19.0 Å². The van der Waals surface area contributed by atoms with Gasteiger partial charge in [-0.3, -0.25) is 4.18 Å². The molecule has 0 fully saturated rings. The minimum absolute atomic E-state index is 0.0209. The van der Waals surface area contributed by atoms with Gasteiger partial charge >= 0.3 is 5.97 Å². The van der Waals surface area contributed by atoms with Crippen LogP contribution in [0.1, 0.15) is 17.3 Å². The first-order valence-electron chi connectivity index (χ1n) is 12.2. The number of esters is 1. The smallest absolute Gasteiger partial charge is 0.338 e. The summed E-state index contributed by atoms with van der Waals surface area (Å²) in [6, 6.07) is 35.9. The Bertz CT molecular complexity index is 1330. The quantitative estimate of drug-likeness (QED) is 0.173. The summed E-state index contributed by atoms with van der Waals surface area (Å²) < 4.78 is 36.7. The van der Waals surface area contributed by atoms with Gasteiger partial charge in [-0.25, -0.2) is 4.79 Å². The molecule has 0 saturated carbocycles.